The van der Waals surface area contributed by atoms with Crippen molar-refractivity contribution in [1.82, 2.24) is 4.90 Å². The molecule has 0 bridgehead atoms. The first-order valence-corrected chi connectivity index (χ1v) is 9.02. The number of carbonyl (C=O) groups excluding carboxylic acids is 1. The van der Waals surface area contributed by atoms with Gasteiger partial charge in [0.2, 0.25) is 5.91 Å². The third kappa shape index (κ3) is 3.99. The maximum absolute atomic E-state index is 12.8. The molecule has 1 heterocycles. The molecule has 25 heavy (non-hydrogen) atoms. The number of nitro groups is 1. The number of rotatable bonds is 6. The zero-order valence-electron chi connectivity index (χ0n) is 14.4. The molecule has 3 rings (SSSR count). The van der Waals surface area contributed by atoms with Crippen LogP contribution in [0.2, 0.25) is 0 Å². The summed E-state index contributed by atoms with van der Waals surface area (Å²) in [5.41, 5.74) is 1.65. The van der Waals surface area contributed by atoms with Crippen molar-refractivity contribution in [3.8, 4) is 0 Å². The number of hydrogen-bond donors (Lipinski definition) is 1. The number of fused-ring (bicyclic) bond motifs is 1. The van der Waals surface area contributed by atoms with Gasteiger partial charge in [0.25, 0.3) is 5.69 Å². The van der Waals surface area contributed by atoms with Crippen molar-refractivity contribution >= 4 is 17.3 Å². The highest BCUT2D eigenvalue weighted by Crippen LogP contribution is 2.32. The molecule has 136 valence electrons. The summed E-state index contributed by atoms with van der Waals surface area (Å²) < 4.78 is 0. The lowest BCUT2D eigenvalue weighted by Crippen LogP contribution is -2.46. The van der Waals surface area contributed by atoms with E-state index in [2.05, 4.69) is 4.90 Å². The lowest BCUT2D eigenvalue weighted by molar-refractivity contribution is -0.384. The van der Waals surface area contributed by atoms with Crippen molar-refractivity contribution < 1.29 is 14.8 Å². The van der Waals surface area contributed by atoms with E-state index in [-0.39, 0.29) is 24.7 Å². The minimum Gasteiger partial charge on any atom is -0.395 e. The number of carbonyl (C=O) groups is 1. The number of aliphatic hydroxyl groups excluding tert-OH is 1. The van der Waals surface area contributed by atoms with Gasteiger partial charge in [-0.15, -0.1) is 0 Å². The van der Waals surface area contributed by atoms with E-state index in [9.17, 15) is 20.0 Å². The minimum atomic E-state index is -0.429. The van der Waals surface area contributed by atoms with Crippen LogP contribution in [-0.4, -0.2) is 53.1 Å². The zero-order valence-corrected chi connectivity index (χ0v) is 14.4. The van der Waals surface area contributed by atoms with E-state index in [1.807, 2.05) is 0 Å². The van der Waals surface area contributed by atoms with E-state index in [0.717, 1.165) is 24.8 Å². The second kappa shape index (κ2) is 7.93. The van der Waals surface area contributed by atoms with E-state index < -0.39 is 4.92 Å². The molecular formula is C18H25N3O4. The van der Waals surface area contributed by atoms with Crippen LogP contribution in [0.3, 0.4) is 0 Å². The smallest absolute Gasteiger partial charge is 0.271 e. The molecule has 0 aromatic heterocycles. The van der Waals surface area contributed by atoms with Gasteiger partial charge in [-0.1, -0.05) is 25.3 Å². The van der Waals surface area contributed by atoms with Gasteiger partial charge < -0.3 is 10.0 Å². The third-order valence-electron chi connectivity index (χ3n) is 5.29. The Morgan fingerprint density at radius 1 is 1.32 bits per heavy atom. The van der Waals surface area contributed by atoms with E-state index in [1.54, 1.807) is 11.0 Å². The standard InChI is InChI=1S/C18H25N3O4/c22-11-10-19(15-4-2-1-3-5-15)13-18(23)20-9-8-14-6-7-16(21(24)25)12-17(14)20/h6-7,12,15,22H,1-5,8-11,13H2. The van der Waals surface area contributed by atoms with Crippen molar-refractivity contribution in [2.45, 2.75) is 44.6 Å². The Hall–Kier alpha value is -1.99. The van der Waals surface area contributed by atoms with Crippen LogP contribution in [0.4, 0.5) is 11.4 Å². The maximum atomic E-state index is 12.8. The first-order valence-electron chi connectivity index (χ1n) is 9.02. The first-order chi connectivity index (χ1) is 12.1. The van der Waals surface area contributed by atoms with Crippen LogP contribution in [0.1, 0.15) is 37.7 Å². The monoisotopic (exact) mass is 347 g/mol. The molecule has 1 N–H and O–H groups in total. The molecule has 1 aliphatic heterocycles. The molecule has 1 saturated carbocycles. The van der Waals surface area contributed by atoms with Gasteiger partial charge in [-0.3, -0.25) is 19.8 Å². The predicted molar refractivity (Wildman–Crippen MR) is 94.7 cm³/mol. The van der Waals surface area contributed by atoms with Gasteiger partial charge in [0.15, 0.2) is 0 Å². The number of aliphatic hydroxyl groups is 1. The third-order valence-corrected chi connectivity index (χ3v) is 5.29. The number of nitrogens with zero attached hydrogens (tertiary/aromatic N) is 3. The molecule has 7 nitrogen and oxygen atoms in total. The molecule has 1 aromatic rings. The molecule has 1 amide bonds. The summed E-state index contributed by atoms with van der Waals surface area (Å²) >= 11 is 0. The summed E-state index contributed by atoms with van der Waals surface area (Å²) in [6.45, 7) is 1.35. The lowest BCUT2D eigenvalue weighted by Gasteiger charge is -2.34. The Morgan fingerprint density at radius 2 is 2.08 bits per heavy atom. The Morgan fingerprint density at radius 3 is 2.76 bits per heavy atom. The summed E-state index contributed by atoms with van der Waals surface area (Å²) in [6.07, 6.45) is 6.42. The van der Waals surface area contributed by atoms with Crippen molar-refractivity contribution in [1.29, 1.82) is 0 Å². The van der Waals surface area contributed by atoms with Crippen LogP contribution in [-0.2, 0) is 11.2 Å². The first kappa shape index (κ1) is 17.8. The molecule has 2 aliphatic rings. The van der Waals surface area contributed by atoms with Crippen molar-refractivity contribution in [2.24, 2.45) is 0 Å². The number of non-ortho nitro benzene ring substituents is 1. The molecule has 7 heteroatoms. The number of hydrogen-bond acceptors (Lipinski definition) is 5. The normalized spacial score (nSPS) is 17.8. The number of amides is 1. The van der Waals surface area contributed by atoms with Crippen molar-refractivity contribution in [2.75, 3.05) is 31.1 Å². The molecule has 0 spiro atoms. The van der Waals surface area contributed by atoms with Gasteiger partial charge in [-0.25, -0.2) is 0 Å². The Bertz CT molecular complexity index is 643. The van der Waals surface area contributed by atoms with Gasteiger partial charge in [0.1, 0.15) is 0 Å². The summed E-state index contributed by atoms with van der Waals surface area (Å²) in [7, 11) is 0. The van der Waals surface area contributed by atoms with Gasteiger partial charge in [-0.05, 0) is 24.8 Å². The predicted octanol–water partition coefficient (Wildman–Crippen LogP) is 2.11. The molecule has 0 radical (unpaired) electrons. The highest BCUT2D eigenvalue weighted by molar-refractivity contribution is 5.97. The van der Waals surface area contributed by atoms with Crippen LogP contribution < -0.4 is 4.90 Å². The van der Waals surface area contributed by atoms with Gasteiger partial charge in [0, 0.05) is 31.3 Å². The zero-order chi connectivity index (χ0) is 17.8. The lowest BCUT2D eigenvalue weighted by atomic mass is 9.94. The van der Waals surface area contributed by atoms with Crippen LogP contribution in [0, 0.1) is 10.1 Å². The fourth-order valence-corrected chi connectivity index (χ4v) is 3.96. The Labute approximate surface area is 147 Å². The summed E-state index contributed by atoms with van der Waals surface area (Å²) in [5, 5.41) is 20.4. The number of anilines is 1. The van der Waals surface area contributed by atoms with E-state index >= 15 is 0 Å². The molecule has 1 fully saturated rings. The van der Waals surface area contributed by atoms with Crippen molar-refractivity contribution in [3.63, 3.8) is 0 Å². The molecule has 0 atom stereocenters. The molecule has 1 aliphatic carbocycles. The number of benzene rings is 1. The molecular weight excluding hydrogens is 322 g/mol. The van der Waals surface area contributed by atoms with Crippen LogP contribution in [0.15, 0.2) is 18.2 Å². The summed E-state index contributed by atoms with van der Waals surface area (Å²) in [5.74, 6) is -0.0433. The van der Waals surface area contributed by atoms with E-state index in [1.165, 1.54) is 31.4 Å². The van der Waals surface area contributed by atoms with Crippen LogP contribution in [0.5, 0.6) is 0 Å². The average molecular weight is 347 g/mol. The Balaban J connectivity index is 1.73. The second-order valence-corrected chi connectivity index (χ2v) is 6.85. The van der Waals surface area contributed by atoms with Crippen LogP contribution >= 0.6 is 0 Å². The number of nitro benzene ring substituents is 1. The SMILES string of the molecule is O=C(CN(CCO)C1CCCCC1)N1CCc2ccc([N+](=O)[O-])cc21. The highest BCUT2D eigenvalue weighted by atomic mass is 16.6. The topological polar surface area (TPSA) is 86.9 Å². The average Bonchev–Trinajstić information content (AvgIpc) is 3.05. The second-order valence-electron chi connectivity index (χ2n) is 6.85. The van der Waals surface area contributed by atoms with E-state index in [4.69, 9.17) is 0 Å². The Kier molecular flexibility index (Phi) is 5.65. The quantitative estimate of drug-likeness (QED) is 0.629. The summed E-state index contributed by atoms with van der Waals surface area (Å²) in [6, 6.07) is 5.08. The maximum Gasteiger partial charge on any atom is 0.271 e. The van der Waals surface area contributed by atoms with E-state index in [0.29, 0.717) is 24.8 Å². The van der Waals surface area contributed by atoms with Crippen molar-refractivity contribution in [3.05, 3.63) is 33.9 Å². The minimum absolute atomic E-state index is 0.0120. The van der Waals surface area contributed by atoms with Crippen LogP contribution in [0.25, 0.3) is 0 Å². The van der Waals surface area contributed by atoms with Gasteiger partial charge >= 0.3 is 0 Å². The fourth-order valence-electron chi connectivity index (χ4n) is 3.96. The summed E-state index contributed by atoms with van der Waals surface area (Å²) in [4.78, 5) is 27.2. The highest BCUT2D eigenvalue weighted by Gasteiger charge is 2.30. The molecule has 0 unspecified atom stereocenters. The van der Waals surface area contributed by atoms with Gasteiger partial charge in [0.05, 0.1) is 23.8 Å². The molecule has 1 aromatic carbocycles. The fraction of sp³-hybridized carbons (Fsp3) is 0.611. The molecule has 0 saturated heterocycles. The van der Waals surface area contributed by atoms with Gasteiger partial charge in [-0.2, -0.15) is 0 Å². The largest absolute Gasteiger partial charge is 0.395 e.